The molecule has 0 aliphatic heterocycles. The molecule has 0 fully saturated rings. The van der Waals surface area contributed by atoms with Crippen LogP contribution in [0.3, 0.4) is 0 Å². The third kappa shape index (κ3) is 4.35. The zero-order valence-electron chi connectivity index (χ0n) is 11.5. The zero-order chi connectivity index (χ0) is 15.7. The number of alkyl halides is 3. The molecule has 0 unspecified atom stereocenters. The highest BCUT2D eigenvalue weighted by atomic mass is 32.1. The molecule has 1 rings (SSSR count). The van der Waals surface area contributed by atoms with Gasteiger partial charge in [0.05, 0.1) is 11.2 Å². The summed E-state index contributed by atoms with van der Waals surface area (Å²) in [6.45, 7) is 3.35. The van der Waals surface area contributed by atoms with Crippen LogP contribution in [0, 0.1) is 0 Å². The maximum Gasteiger partial charge on any atom is 0.417 e. The molecule has 20 heavy (non-hydrogen) atoms. The average molecular weight is 306 g/mol. The maximum absolute atomic E-state index is 13.0. The summed E-state index contributed by atoms with van der Waals surface area (Å²) < 4.78 is 39.0. The molecule has 0 heterocycles. The van der Waals surface area contributed by atoms with E-state index in [1.54, 1.807) is 25.8 Å². The summed E-state index contributed by atoms with van der Waals surface area (Å²) in [5.74, 6) is 0. The van der Waals surface area contributed by atoms with E-state index in [0.29, 0.717) is 5.69 Å². The molecule has 0 atom stereocenters. The summed E-state index contributed by atoms with van der Waals surface area (Å²) in [6.07, 6.45) is -4.54. The molecule has 0 aromatic heterocycles. The normalized spacial score (nSPS) is 12.3. The van der Waals surface area contributed by atoms with E-state index >= 15 is 0 Å². The Morgan fingerprint density at radius 1 is 1.35 bits per heavy atom. The lowest BCUT2D eigenvalue weighted by molar-refractivity contribution is -0.137. The van der Waals surface area contributed by atoms with Crippen LogP contribution < -0.4 is 10.6 Å². The smallest absolute Gasteiger partial charge is 0.389 e. The SMILES string of the molecule is CN(CC(C)(C)O)c1ccc(C(N)=S)c(C(F)(F)F)c1. The third-order valence-electron chi connectivity index (χ3n) is 2.64. The van der Waals surface area contributed by atoms with Crippen molar-refractivity contribution in [3.05, 3.63) is 29.3 Å². The molecule has 0 aliphatic rings. The highest BCUT2D eigenvalue weighted by Gasteiger charge is 2.34. The zero-order valence-corrected chi connectivity index (χ0v) is 12.3. The van der Waals surface area contributed by atoms with E-state index < -0.39 is 17.3 Å². The first-order chi connectivity index (χ1) is 8.92. The van der Waals surface area contributed by atoms with E-state index in [1.807, 2.05) is 0 Å². The molecular weight excluding hydrogens is 289 g/mol. The maximum atomic E-state index is 13.0. The van der Waals surface area contributed by atoms with Crippen molar-refractivity contribution >= 4 is 22.9 Å². The monoisotopic (exact) mass is 306 g/mol. The Morgan fingerprint density at radius 3 is 2.30 bits per heavy atom. The van der Waals surface area contributed by atoms with Gasteiger partial charge in [0, 0.05) is 24.8 Å². The second-order valence-corrected chi connectivity index (χ2v) is 5.70. The van der Waals surface area contributed by atoms with E-state index in [2.05, 4.69) is 12.2 Å². The van der Waals surface area contributed by atoms with E-state index in [1.165, 1.54) is 12.1 Å². The second-order valence-electron chi connectivity index (χ2n) is 5.26. The predicted octanol–water partition coefficient (Wildman–Crippen LogP) is 2.55. The van der Waals surface area contributed by atoms with Crippen LogP contribution in [0.15, 0.2) is 18.2 Å². The number of hydrogen-bond donors (Lipinski definition) is 2. The van der Waals surface area contributed by atoms with Gasteiger partial charge >= 0.3 is 6.18 Å². The Morgan fingerprint density at radius 2 is 1.90 bits per heavy atom. The van der Waals surface area contributed by atoms with Gasteiger partial charge in [-0.15, -0.1) is 0 Å². The van der Waals surface area contributed by atoms with Crippen molar-refractivity contribution in [3.63, 3.8) is 0 Å². The molecule has 0 radical (unpaired) electrons. The van der Waals surface area contributed by atoms with Crippen molar-refractivity contribution in [2.24, 2.45) is 5.73 Å². The molecule has 3 N–H and O–H groups in total. The Bertz CT molecular complexity index is 509. The largest absolute Gasteiger partial charge is 0.417 e. The molecule has 0 bridgehead atoms. The summed E-state index contributed by atoms with van der Waals surface area (Å²) in [6, 6.07) is 3.73. The summed E-state index contributed by atoms with van der Waals surface area (Å²) in [7, 11) is 1.61. The summed E-state index contributed by atoms with van der Waals surface area (Å²) in [5, 5.41) is 9.72. The Hall–Kier alpha value is -1.34. The molecule has 1 aromatic rings. The third-order valence-corrected chi connectivity index (χ3v) is 2.86. The van der Waals surface area contributed by atoms with Gasteiger partial charge in [-0.2, -0.15) is 13.2 Å². The lowest BCUT2D eigenvalue weighted by atomic mass is 10.0. The van der Waals surface area contributed by atoms with Crippen LogP contribution >= 0.6 is 12.2 Å². The summed E-state index contributed by atoms with van der Waals surface area (Å²) in [5.41, 5.74) is 3.56. The van der Waals surface area contributed by atoms with Crippen molar-refractivity contribution in [3.8, 4) is 0 Å². The predicted molar refractivity (Wildman–Crippen MR) is 76.9 cm³/mol. The number of likely N-dealkylation sites (N-methyl/N-ethyl adjacent to an activating group) is 1. The Labute approximate surface area is 121 Å². The standard InChI is InChI=1S/C13H17F3N2OS/c1-12(2,19)7-18(3)8-4-5-9(11(17)20)10(6-8)13(14,15)16/h4-6,19H,7H2,1-3H3,(H2,17,20). The van der Waals surface area contributed by atoms with Crippen molar-refractivity contribution in [2.75, 3.05) is 18.5 Å². The van der Waals surface area contributed by atoms with E-state index in [9.17, 15) is 18.3 Å². The average Bonchev–Trinajstić information content (AvgIpc) is 2.24. The Balaban J connectivity index is 3.23. The molecule has 7 heteroatoms. The van der Waals surface area contributed by atoms with Gasteiger partial charge in [-0.1, -0.05) is 12.2 Å². The van der Waals surface area contributed by atoms with Gasteiger partial charge in [0.25, 0.3) is 0 Å². The minimum Gasteiger partial charge on any atom is -0.389 e. The lowest BCUT2D eigenvalue weighted by Gasteiger charge is -2.28. The van der Waals surface area contributed by atoms with Gasteiger partial charge in [-0.05, 0) is 32.0 Å². The number of aliphatic hydroxyl groups is 1. The van der Waals surface area contributed by atoms with E-state index in [-0.39, 0.29) is 17.1 Å². The number of benzene rings is 1. The number of rotatable bonds is 4. The molecule has 0 amide bonds. The topological polar surface area (TPSA) is 49.5 Å². The van der Waals surface area contributed by atoms with Gasteiger partial charge in [-0.25, -0.2) is 0 Å². The minimum absolute atomic E-state index is 0.191. The molecule has 1 aromatic carbocycles. The Kier molecular flexibility index (Phi) is 4.66. The first kappa shape index (κ1) is 16.7. The quantitative estimate of drug-likeness (QED) is 0.839. The first-order valence-corrected chi connectivity index (χ1v) is 6.27. The molecule has 0 saturated heterocycles. The highest BCUT2D eigenvalue weighted by molar-refractivity contribution is 7.80. The van der Waals surface area contributed by atoms with Crippen LogP contribution in [0.4, 0.5) is 18.9 Å². The van der Waals surface area contributed by atoms with Crippen LogP contribution in [-0.4, -0.2) is 29.3 Å². The summed E-state index contributed by atoms with van der Waals surface area (Å²) >= 11 is 4.64. The van der Waals surface area contributed by atoms with Crippen molar-refractivity contribution in [2.45, 2.75) is 25.6 Å². The van der Waals surface area contributed by atoms with Crippen molar-refractivity contribution < 1.29 is 18.3 Å². The van der Waals surface area contributed by atoms with Crippen LogP contribution in [0.25, 0.3) is 0 Å². The number of halogens is 3. The number of thiocarbonyl (C=S) groups is 1. The lowest BCUT2D eigenvalue weighted by Crippen LogP contribution is -2.36. The summed E-state index contributed by atoms with van der Waals surface area (Å²) in [4.78, 5) is 1.24. The van der Waals surface area contributed by atoms with Crippen LogP contribution in [0.2, 0.25) is 0 Å². The van der Waals surface area contributed by atoms with E-state index in [0.717, 1.165) is 6.07 Å². The van der Waals surface area contributed by atoms with Crippen molar-refractivity contribution in [1.82, 2.24) is 0 Å². The fourth-order valence-electron chi connectivity index (χ4n) is 1.89. The molecular formula is C13H17F3N2OS. The highest BCUT2D eigenvalue weighted by Crippen LogP contribution is 2.34. The number of nitrogens with zero attached hydrogens (tertiary/aromatic N) is 1. The molecule has 3 nitrogen and oxygen atoms in total. The molecule has 0 spiro atoms. The molecule has 0 aliphatic carbocycles. The van der Waals surface area contributed by atoms with Crippen LogP contribution in [0.1, 0.15) is 25.0 Å². The van der Waals surface area contributed by atoms with Crippen LogP contribution in [-0.2, 0) is 6.18 Å². The minimum atomic E-state index is -4.54. The fraction of sp³-hybridized carbons (Fsp3) is 0.462. The molecule has 112 valence electrons. The van der Waals surface area contributed by atoms with Gasteiger partial charge in [0.2, 0.25) is 0 Å². The van der Waals surface area contributed by atoms with Crippen molar-refractivity contribution in [1.29, 1.82) is 0 Å². The first-order valence-electron chi connectivity index (χ1n) is 5.86. The fourth-order valence-corrected chi connectivity index (χ4v) is 2.07. The number of anilines is 1. The number of nitrogens with two attached hydrogens (primary N) is 1. The second kappa shape index (κ2) is 5.57. The van der Waals surface area contributed by atoms with Gasteiger partial charge < -0.3 is 15.7 Å². The molecule has 0 saturated carbocycles. The van der Waals surface area contributed by atoms with Gasteiger partial charge in [-0.3, -0.25) is 0 Å². The van der Waals surface area contributed by atoms with Crippen LogP contribution in [0.5, 0.6) is 0 Å². The van der Waals surface area contributed by atoms with Gasteiger partial charge in [0.15, 0.2) is 0 Å². The number of hydrogen-bond acceptors (Lipinski definition) is 3. The van der Waals surface area contributed by atoms with E-state index in [4.69, 9.17) is 5.73 Å². The van der Waals surface area contributed by atoms with Gasteiger partial charge in [0.1, 0.15) is 4.99 Å².